The summed E-state index contributed by atoms with van der Waals surface area (Å²) < 4.78 is 15.1. The Kier molecular flexibility index (Phi) is 2.54. The fraction of sp³-hybridized carbons (Fsp3) is 0.250. The lowest BCUT2D eigenvalue weighted by atomic mass is 10.2. The number of carbonyl (C=O) groups is 1. The number of rotatable bonds is 3. The average molecular weight is 205 g/mol. The van der Waals surface area contributed by atoms with Gasteiger partial charge in [-0.25, -0.2) is 4.39 Å². The first-order valence-electron chi connectivity index (χ1n) is 4.97. The Morgan fingerprint density at radius 3 is 2.93 bits per heavy atom. The third-order valence-electron chi connectivity index (χ3n) is 2.50. The van der Waals surface area contributed by atoms with Gasteiger partial charge in [0.25, 0.3) is 0 Å². The average Bonchev–Trinajstić information content (AvgIpc) is 2.63. The molecule has 0 saturated carbocycles. The van der Waals surface area contributed by atoms with Crippen LogP contribution in [0.1, 0.15) is 13.3 Å². The molecule has 2 rings (SSSR count). The maximum atomic E-state index is 13.3. The molecule has 0 spiro atoms. The number of ketones is 1. The molecule has 0 bridgehead atoms. The number of halogens is 1. The molecule has 0 aliphatic carbocycles. The molecule has 1 aromatic carbocycles. The van der Waals surface area contributed by atoms with Gasteiger partial charge in [-0.05, 0) is 18.2 Å². The quantitative estimate of drug-likeness (QED) is 0.755. The lowest BCUT2D eigenvalue weighted by molar-refractivity contribution is -0.119. The standard InChI is InChI=1S/C12H12FNO/c1-2-9(15)8-14-7-6-10-11(13)4-3-5-12(10)14/h3-7H,2,8H2,1H3. The van der Waals surface area contributed by atoms with Crippen molar-refractivity contribution in [2.45, 2.75) is 19.9 Å². The third-order valence-corrected chi connectivity index (χ3v) is 2.50. The fourth-order valence-corrected chi connectivity index (χ4v) is 1.63. The van der Waals surface area contributed by atoms with E-state index in [9.17, 15) is 9.18 Å². The lowest BCUT2D eigenvalue weighted by Crippen LogP contribution is -2.07. The first-order chi connectivity index (χ1) is 7.22. The molecule has 0 N–H and O–H groups in total. The van der Waals surface area contributed by atoms with Gasteiger partial charge in [0, 0.05) is 18.0 Å². The summed E-state index contributed by atoms with van der Waals surface area (Å²) in [6, 6.07) is 6.61. The summed E-state index contributed by atoms with van der Waals surface area (Å²) in [4.78, 5) is 11.3. The number of hydrogen-bond acceptors (Lipinski definition) is 1. The van der Waals surface area contributed by atoms with Crippen molar-refractivity contribution in [3.8, 4) is 0 Å². The highest BCUT2D eigenvalue weighted by Gasteiger charge is 2.06. The smallest absolute Gasteiger partial charge is 0.152 e. The zero-order valence-corrected chi connectivity index (χ0v) is 8.53. The second-order valence-electron chi connectivity index (χ2n) is 3.51. The number of hydrogen-bond donors (Lipinski definition) is 0. The van der Waals surface area contributed by atoms with Crippen molar-refractivity contribution in [1.82, 2.24) is 4.57 Å². The van der Waals surface area contributed by atoms with Gasteiger partial charge in [-0.1, -0.05) is 13.0 Å². The normalized spacial score (nSPS) is 10.8. The molecule has 1 heterocycles. The molecule has 2 nitrogen and oxygen atoms in total. The molecular weight excluding hydrogens is 193 g/mol. The highest BCUT2D eigenvalue weighted by atomic mass is 19.1. The van der Waals surface area contributed by atoms with E-state index in [-0.39, 0.29) is 11.6 Å². The van der Waals surface area contributed by atoms with Gasteiger partial charge >= 0.3 is 0 Å². The van der Waals surface area contributed by atoms with Crippen molar-refractivity contribution in [3.05, 3.63) is 36.3 Å². The fourth-order valence-electron chi connectivity index (χ4n) is 1.63. The minimum Gasteiger partial charge on any atom is -0.340 e. The van der Waals surface area contributed by atoms with E-state index < -0.39 is 0 Å². The largest absolute Gasteiger partial charge is 0.340 e. The van der Waals surface area contributed by atoms with E-state index in [0.717, 1.165) is 5.52 Å². The van der Waals surface area contributed by atoms with Gasteiger partial charge in [0.1, 0.15) is 5.82 Å². The molecule has 0 saturated heterocycles. The monoisotopic (exact) mass is 205 g/mol. The summed E-state index contributed by atoms with van der Waals surface area (Å²) in [5.41, 5.74) is 0.775. The molecule has 0 aliphatic heterocycles. The molecule has 78 valence electrons. The van der Waals surface area contributed by atoms with E-state index in [2.05, 4.69) is 0 Å². The summed E-state index contributed by atoms with van der Waals surface area (Å²) >= 11 is 0. The Labute approximate surface area is 87.3 Å². The van der Waals surface area contributed by atoms with Crippen molar-refractivity contribution in [3.63, 3.8) is 0 Å². The molecule has 0 unspecified atom stereocenters. The van der Waals surface area contributed by atoms with E-state index in [4.69, 9.17) is 0 Å². The van der Waals surface area contributed by atoms with Gasteiger partial charge < -0.3 is 4.57 Å². The van der Waals surface area contributed by atoms with Crippen LogP contribution in [0.3, 0.4) is 0 Å². The predicted octanol–water partition coefficient (Wildman–Crippen LogP) is 2.76. The lowest BCUT2D eigenvalue weighted by Gasteiger charge is -2.02. The van der Waals surface area contributed by atoms with Gasteiger partial charge in [-0.2, -0.15) is 0 Å². The Morgan fingerprint density at radius 1 is 1.40 bits per heavy atom. The van der Waals surface area contributed by atoms with Gasteiger partial charge in [-0.3, -0.25) is 4.79 Å². The minimum atomic E-state index is -0.241. The zero-order valence-electron chi connectivity index (χ0n) is 8.53. The van der Waals surface area contributed by atoms with Crippen molar-refractivity contribution in [2.75, 3.05) is 0 Å². The Morgan fingerprint density at radius 2 is 2.20 bits per heavy atom. The number of benzene rings is 1. The Bertz CT molecular complexity index is 501. The van der Waals surface area contributed by atoms with Gasteiger partial charge in [-0.15, -0.1) is 0 Å². The van der Waals surface area contributed by atoms with Crippen LogP contribution in [0.5, 0.6) is 0 Å². The number of fused-ring (bicyclic) bond motifs is 1. The molecule has 15 heavy (non-hydrogen) atoms. The van der Waals surface area contributed by atoms with Gasteiger partial charge in [0.2, 0.25) is 0 Å². The molecule has 2 aromatic rings. The van der Waals surface area contributed by atoms with E-state index in [1.807, 2.05) is 13.0 Å². The minimum absolute atomic E-state index is 0.150. The number of aromatic nitrogens is 1. The van der Waals surface area contributed by atoms with Crippen molar-refractivity contribution in [1.29, 1.82) is 0 Å². The van der Waals surface area contributed by atoms with Crippen LogP contribution in [0.4, 0.5) is 4.39 Å². The van der Waals surface area contributed by atoms with Crippen molar-refractivity contribution in [2.24, 2.45) is 0 Å². The molecule has 0 radical (unpaired) electrons. The van der Waals surface area contributed by atoms with Crippen LogP contribution in [-0.4, -0.2) is 10.4 Å². The summed E-state index contributed by atoms with van der Waals surface area (Å²) in [7, 11) is 0. The maximum Gasteiger partial charge on any atom is 0.152 e. The van der Waals surface area contributed by atoms with E-state index >= 15 is 0 Å². The highest BCUT2D eigenvalue weighted by Crippen LogP contribution is 2.18. The Hall–Kier alpha value is -1.64. The van der Waals surface area contributed by atoms with E-state index in [1.165, 1.54) is 6.07 Å². The van der Waals surface area contributed by atoms with Crippen LogP contribution in [0, 0.1) is 5.82 Å². The van der Waals surface area contributed by atoms with E-state index in [1.54, 1.807) is 22.9 Å². The Balaban J connectivity index is 2.45. The molecule has 0 amide bonds. The first-order valence-corrected chi connectivity index (χ1v) is 4.97. The molecule has 0 fully saturated rings. The molecule has 0 aliphatic rings. The van der Waals surface area contributed by atoms with Crippen LogP contribution >= 0.6 is 0 Å². The number of carbonyl (C=O) groups excluding carboxylic acids is 1. The molecule has 1 aromatic heterocycles. The van der Waals surface area contributed by atoms with Crippen LogP contribution < -0.4 is 0 Å². The number of Topliss-reactive ketones (excluding diaryl/α,β-unsaturated/α-hetero) is 1. The van der Waals surface area contributed by atoms with Crippen LogP contribution in [-0.2, 0) is 11.3 Å². The number of nitrogens with zero attached hydrogens (tertiary/aromatic N) is 1. The zero-order chi connectivity index (χ0) is 10.8. The summed E-state index contributed by atoms with van der Waals surface area (Å²) in [5, 5.41) is 0.571. The molecule has 0 atom stereocenters. The second-order valence-corrected chi connectivity index (χ2v) is 3.51. The van der Waals surface area contributed by atoms with Crippen molar-refractivity contribution >= 4 is 16.7 Å². The summed E-state index contributed by atoms with van der Waals surface area (Å²) in [6.07, 6.45) is 2.26. The highest BCUT2D eigenvalue weighted by molar-refractivity contribution is 5.84. The van der Waals surface area contributed by atoms with Gasteiger partial charge in [0.05, 0.1) is 12.1 Å². The molecule has 3 heteroatoms. The van der Waals surface area contributed by atoms with Crippen LogP contribution in [0.2, 0.25) is 0 Å². The van der Waals surface area contributed by atoms with Crippen LogP contribution in [0.25, 0.3) is 10.9 Å². The summed E-state index contributed by atoms with van der Waals surface area (Å²) in [6.45, 7) is 2.15. The van der Waals surface area contributed by atoms with Crippen LogP contribution in [0.15, 0.2) is 30.5 Å². The van der Waals surface area contributed by atoms with E-state index in [0.29, 0.717) is 18.4 Å². The topological polar surface area (TPSA) is 22.0 Å². The second kappa shape index (κ2) is 3.85. The third kappa shape index (κ3) is 1.77. The maximum absolute atomic E-state index is 13.3. The summed E-state index contributed by atoms with van der Waals surface area (Å²) in [5.74, 6) is -0.0908. The SMILES string of the molecule is CCC(=O)Cn1ccc2c(F)cccc21. The molecular formula is C12H12FNO. The van der Waals surface area contributed by atoms with Crippen molar-refractivity contribution < 1.29 is 9.18 Å². The van der Waals surface area contributed by atoms with Gasteiger partial charge in [0.15, 0.2) is 5.78 Å². The first kappa shape index (κ1) is 9.90. The predicted molar refractivity (Wildman–Crippen MR) is 57.2 cm³/mol.